The Bertz CT molecular complexity index is 585. The lowest BCUT2D eigenvalue weighted by Crippen LogP contribution is -2.50. The van der Waals surface area contributed by atoms with Crippen molar-refractivity contribution in [1.82, 2.24) is 4.98 Å². The van der Waals surface area contributed by atoms with Gasteiger partial charge >= 0.3 is 11.9 Å². The fourth-order valence-corrected chi connectivity index (χ4v) is 2.31. The van der Waals surface area contributed by atoms with Crippen LogP contribution >= 0.6 is 0 Å². The number of carbonyl (C=O) groups excluding carboxylic acids is 3. The van der Waals surface area contributed by atoms with Crippen molar-refractivity contribution < 1.29 is 23.9 Å². The van der Waals surface area contributed by atoms with Crippen LogP contribution in [0.15, 0.2) is 18.3 Å². The van der Waals surface area contributed by atoms with Gasteiger partial charge in [0.1, 0.15) is 0 Å². The fraction of sp³-hybridized carbons (Fsp3) is 0.500. The van der Waals surface area contributed by atoms with E-state index in [-0.39, 0.29) is 0 Å². The van der Waals surface area contributed by atoms with Gasteiger partial charge in [-0.05, 0) is 25.0 Å². The molecule has 2 rings (SSSR count). The molecule has 0 saturated carbocycles. The Balaban J connectivity index is 2.08. The number of ketones is 1. The minimum atomic E-state index is -1.50. The Morgan fingerprint density at radius 2 is 1.86 bits per heavy atom. The number of hydrogen-bond acceptors (Lipinski definition) is 6. The molecule has 0 radical (unpaired) electrons. The largest absolute Gasteiger partial charge is 0.422 e. The van der Waals surface area contributed by atoms with Crippen LogP contribution in [0.4, 0.5) is 0 Å². The van der Waals surface area contributed by atoms with Crippen molar-refractivity contribution in [3.8, 4) is 0 Å². The number of Topliss-reactive ketones (excluding diaryl/α,β-unsaturated/α-hetero) is 1. The standard InChI is InChI=1S/C16H19NO5/c1-9(7-11-6-5-10(2)17-8-11)13(18)12-14(19)21-16(3,4)22-15(12)20/h5-6,8-9,12H,7H2,1-4H3/t9-/m0/s1. The Morgan fingerprint density at radius 1 is 1.27 bits per heavy atom. The Hall–Kier alpha value is -2.24. The van der Waals surface area contributed by atoms with Gasteiger partial charge in [-0.25, -0.2) is 0 Å². The third-order valence-electron chi connectivity index (χ3n) is 3.45. The molecule has 1 aromatic rings. The van der Waals surface area contributed by atoms with Gasteiger partial charge in [0.05, 0.1) is 0 Å². The maximum atomic E-state index is 12.4. The van der Waals surface area contributed by atoms with Gasteiger partial charge in [-0.2, -0.15) is 0 Å². The van der Waals surface area contributed by atoms with Crippen molar-refractivity contribution in [1.29, 1.82) is 0 Å². The molecule has 1 fully saturated rings. The number of ether oxygens (including phenoxy) is 2. The molecule has 0 spiro atoms. The van der Waals surface area contributed by atoms with E-state index >= 15 is 0 Å². The summed E-state index contributed by atoms with van der Waals surface area (Å²) in [6, 6.07) is 3.71. The first kappa shape index (κ1) is 16.1. The summed E-state index contributed by atoms with van der Waals surface area (Å²) in [6.45, 7) is 6.44. The minimum Gasteiger partial charge on any atom is -0.422 e. The zero-order valence-electron chi connectivity index (χ0n) is 13.1. The second kappa shape index (κ2) is 5.87. The lowest BCUT2D eigenvalue weighted by molar-refractivity contribution is -0.238. The number of nitrogens with zero attached hydrogens (tertiary/aromatic N) is 1. The third-order valence-corrected chi connectivity index (χ3v) is 3.45. The zero-order chi connectivity index (χ0) is 16.5. The summed E-state index contributed by atoms with van der Waals surface area (Å²) < 4.78 is 9.96. The molecule has 0 N–H and O–H groups in total. The van der Waals surface area contributed by atoms with Crippen LogP contribution in [0.5, 0.6) is 0 Å². The Labute approximate surface area is 128 Å². The number of pyridine rings is 1. The van der Waals surface area contributed by atoms with E-state index in [2.05, 4.69) is 4.98 Å². The van der Waals surface area contributed by atoms with Gasteiger partial charge in [-0.15, -0.1) is 0 Å². The summed E-state index contributed by atoms with van der Waals surface area (Å²) in [7, 11) is 0. The van der Waals surface area contributed by atoms with Gasteiger partial charge in [0.15, 0.2) is 5.78 Å². The monoisotopic (exact) mass is 305 g/mol. The van der Waals surface area contributed by atoms with Crippen LogP contribution in [0.25, 0.3) is 0 Å². The van der Waals surface area contributed by atoms with Gasteiger partial charge in [0, 0.05) is 31.7 Å². The molecule has 22 heavy (non-hydrogen) atoms. The fourth-order valence-electron chi connectivity index (χ4n) is 2.31. The average molecular weight is 305 g/mol. The number of rotatable bonds is 4. The summed E-state index contributed by atoms with van der Waals surface area (Å²) in [4.78, 5) is 40.4. The molecule has 6 heteroatoms. The third kappa shape index (κ3) is 3.50. The molecule has 1 aromatic heterocycles. The molecular formula is C16H19NO5. The predicted molar refractivity (Wildman–Crippen MR) is 76.6 cm³/mol. The zero-order valence-corrected chi connectivity index (χ0v) is 13.1. The normalized spacial score (nSPS) is 19.3. The van der Waals surface area contributed by atoms with Crippen molar-refractivity contribution in [3.05, 3.63) is 29.6 Å². The van der Waals surface area contributed by atoms with Crippen molar-refractivity contribution in [3.63, 3.8) is 0 Å². The Morgan fingerprint density at radius 3 is 2.36 bits per heavy atom. The van der Waals surface area contributed by atoms with Gasteiger partial charge in [0.2, 0.25) is 5.92 Å². The van der Waals surface area contributed by atoms with E-state index < -0.39 is 35.3 Å². The van der Waals surface area contributed by atoms with Crippen molar-refractivity contribution in [2.75, 3.05) is 0 Å². The van der Waals surface area contributed by atoms with Gasteiger partial charge in [-0.3, -0.25) is 19.4 Å². The maximum Gasteiger partial charge on any atom is 0.331 e. The summed E-state index contributed by atoms with van der Waals surface area (Å²) in [5.74, 6) is -5.53. The first-order chi connectivity index (χ1) is 10.2. The van der Waals surface area contributed by atoms with E-state index in [0.29, 0.717) is 6.42 Å². The molecule has 1 aliphatic rings. The lowest BCUT2D eigenvalue weighted by Gasteiger charge is -2.33. The summed E-state index contributed by atoms with van der Waals surface area (Å²) in [6.07, 6.45) is 2.08. The van der Waals surface area contributed by atoms with Crippen LogP contribution in [0.2, 0.25) is 0 Å². The van der Waals surface area contributed by atoms with Crippen molar-refractivity contribution in [2.24, 2.45) is 11.8 Å². The molecule has 1 saturated heterocycles. The second-order valence-electron chi connectivity index (χ2n) is 5.99. The number of hydrogen-bond donors (Lipinski definition) is 0. The number of carbonyl (C=O) groups is 3. The van der Waals surface area contributed by atoms with E-state index in [0.717, 1.165) is 11.3 Å². The maximum absolute atomic E-state index is 12.4. The molecule has 118 valence electrons. The highest BCUT2D eigenvalue weighted by atomic mass is 16.7. The predicted octanol–water partition coefficient (Wildman–Crippen LogP) is 1.59. The molecule has 0 unspecified atom stereocenters. The topological polar surface area (TPSA) is 82.6 Å². The quantitative estimate of drug-likeness (QED) is 0.620. The van der Waals surface area contributed by atoms with E-state index in [1.165, 1.54) is 13.8 Å². The number of cyclic esters (lactones) is 2. The molecule has 1 aliphatic heterocycles. The van der Waals surface area contributed by atoms with Gasteiger partial charge in [-0.1, -0.05) is 13.0 Å². The summed E-state index contributed by atoms with van der Waals surface area (Å²) in [5.41, 5.74) is 1.74. The first-order valence-electron chi connectivity index (χ1n) is 7.10. The smallest absolute Gasteiger partial charge is 0.331 e. The van der Waals surface area contributed by atoms with E-state index in [4.69, 9.17) is 9.47 Å². The SMILES string of the molecule is Cc1ccc(C[C@H](C)C(=O)C2C(=O)OC(C)(C)OC2=O)cn1. The average Bonchev–Trinajstić information content (AvgIpc) is 2.38. The molecule has 0 aliphatic carbocycles. The van der Waals surface area contributed by atoms with Crippen LogP contribution in [0.3, 0.4) is 0 Å². The highest BCUT2D eigenvalue weighted by Gasteiger charge is 2.48. The molecular weight excluding hydrogens is 286 g/mol. The molecule has 6 nitrogen and oxygen atoms in total. The van der Waals surface area contributed by atoms with Crippen LogP contribution in [0, 0.1) is 18.8 Å². The van der Waals surface area contributed by atoms with Crippen molar-refractivity contribution in [2.45, 2.75) is 39.9 Å². The highest BCUT2D eigenvalue weighted by molar-refractivity contribution is 6.16. The summed E-state index contributed by atoms with van der Waals surface area (Å²) in [5, 5.41) is 0. The highest BCUT2D eigenvalue weighted by Crippen LogP contribution is 2.26. The van der Waals surface area contributed by atoms with Gasteiger partial charge in [0.25, 0.3) is 5.79 Å². The van der Waals surface area contributed by atoms with Gasteiger partial charge < -0.3 is 9.47 Å². The van der Waals surface area contributed by atoms with E-state index in [9.17, 15) is 14.4 Å². The van der Waals surface area contributed by atoms with Crippen molar-refractivity contribution >= 4 is 17.7 Å². The molecule has 0 bridgehead atoms. The first-order valence-corrected chi connectivity index (χ1v) is 7.10. The molecule has 2 heterocycles. The molecule has 1 atom stereocenters. The second-order valence-corrected chi connectivity index (χ2v) is 5.99. The lowest BCUT2D eigenvalue weighted by atomic mass is 9.89. The number of esters is 2. The number of aryl methyl sites for hydroxylation is 1. The molecule has 0 aromatic carbocycles. The minimum absolute atomic E-state index is 0.395. The van der Waals surface area contributed by atoms with Crippen LogP contribution in [0.1, 0.15) is 32.0 Å². The summed E-state index contributed by atoms with van der Waals surface area (Å²) >= 11 is 0. The molecule has 0 amide bonds. The van der Waals surface area contributed by atoms with Crippen LogP contribution in [-0.4, -0.2) is 28.5 Å². The van der Waals surface area contributed by atoms with Crippen LogP contribution < -0.4 is 0 Å². The van der Waals surface area contributed by atoms with Crippen LogP contribution in [-0.2, 0) is 30.3 Å². The van der Waals surface area contributed by atoms with E-state index in [1.807, 2.05) is 19.1 Å². The van der Waals surface area contributed by atoms with E-state index in [1.54, 1.807) is 13.1 Å². The number of aromatic nitrogens is 1. The Kier molecular flexibility index (Phi) is 4.30.